The minimum Gasteiger partial charge on any atom is -0.393 e. The average molecular weight is 481 g/mol. The van der Waals surface area contributed by atoms with Crippen molar-refractivity contribution < 1.29 is 23.7 Å². The van der Waals surface area contributed by atoms with Gasteiger partial charge in [0.1, 0.15) is 5.25 Å². The van der Waals surface area contributed by atoms with Crippen LogP contribution in [0.3, 0.4) is 0 Å². The summed E-state index contributed by atoms with van der Waals surface area (Å²) in [5, 5.41) is 30.0. The first-order chi connectivity index (χ1) is 15.3. The van der Waals surface area contributed by atoms with Crippen LogP contribution < -0.4 is 0 Å². The zero-order chi connectivity index (χ0) is 24.2. The van der Waals surface area contributed by atoms with Gasteiger partial charge in [-0.2, -0.15) is 0 Å². The summed E-state index contributed by atoms with van der Waals surface area (Å²) in [6.07, 6.45) is 9.67. The van der Waals surface area contributed by atoms with E-state index in [0.717, 1.165) is 44.1 Å². The highest BCUT2D eigenvalue weighted by Gasteiger charge is 2.51. The summed E-state index contributed by atoms with van der Waals surface area (Å²) in [7, 11) is -3.37. The van der Waals surface area contributed by atoms with Gasteiger partial charge >= 0.3 is 0 Å². The second-order valence-corrected chi connectivity index (χ2v) is 14.5. The smallest absolute Gasteiger partial charge is 0.164 e. The van der Waals surface area contributed by atoms with E-state index in [1.807, 2.05) is 19.9 Å². The molecule has 3 aliphatic carbocycles. The Kier molecular flexibility index (Phi) is 6.98. The van der Waals surface area contributed by atoms with E-state index in [0.29, 0.717) is 29.7 Å². The van der Waals surface area contributed by atoms with Crippen molar-refractivity contribution in [2.75, 3.05) is 5.75 Å². The molecule has 1 aliphatic heterocycles. The van der Waals surface area contributed by atoms with Crippen molar-refractivity contribution in [3.8, 4) is 0 Å². The summed E-state index contributed by atoms with van der Waals surface area (Å²) in [6.45, 7) is 8.55. The predicted octanol–water partition coefficient (Wildman–Crippen LogP) is 4.32. The molecule has 33 heavy (non-hydrogen) atoms. The van der Waals surface area contributed by atoms with Crippen LogP contribution in [0.4, 0.5) is 0 Å². The fourth-order valence-electron chi connectivity index (χ4n) is 7.76. The molecule has 3 N–H and O–H groups in total. The molecule has 0 aromatic heterocycles. The minimum absolute atomic E-state index is 0.0620. The Bertz CT molecular complexity index is 911. The molecular formula is C27H44O5S. The topological polar surface area (TPSA) is 94.8 Å². The van der Waals surface area contributed by atoms with Crippen molar-refractivity contribution >= 4 is 9.84 Å². The number of hydrogen-bond donors (Lipinski definition) is 3. The van der Waals surface area contributed by atoms with Crippen molar-refractivity contribution in [2.45, 2.75) is 115 Å². The Balaban J connectivity index is 1.55. The standard InChI is InChI=1S/C27H44O5S/c1-17(7-5-11-26(2,3)30)22-9-10-23-18(8-6-12-27(22,23)4)13-25-20-14-19(28)15-24(29)21(20)16-33(25,31)32/h13,17,19,22-25,28-30H,5-12,14-16H2,1-4H3/b18-13+/t17-,19-,22-,23+,24+,25?,27-/m1/s1. The molecule has 0 saturated heterocycles. The third kappa shape index (κ3) is 5.00. The van der Waals surface area contributed by atoms with E-state index in [1.54, 1.807) is 0 Å². The van der Waals surface area contributed by atoms with Crippen LogP contribution in [-0.2, 0) is 9.84 Å². The molecule has 1 unspecified atom stereocenters. The lowest BCUT2D eigenvalue weighted by Gasteiger charge is -2.45. The van der Waals surface area contributed by atoms with E-state index >= 15 is 0 Å². The monoisotopic (exact) mass is 480 g/mol. The van der Waals surface area contributed by atoms with Crippen molar-refractivity contribution in [1.29, 1.82) is 0 Å². The summed E-state index contributed by atoms with van der Waals surface area (Å²) in [5.41, 5.74) is 2.29. The van der Waals surface area contributed by atoms with E-state index in [2.05, 4.69) is 13.8 Å². The highest BCUT2D eigenvalue weighted by molar-refractivity contribution is 7.92. The molecule has 6 heteroatoms. The van der Waals surface area contributed by atoms with Crippen LogP contribution in [0, 0.1) is 23.2 Å². The van der Waals surface area contributed by atoms with Crippen molar-refractivity contribution in [1.82, 2.24) is 0 Å². The molecule has 0 aromatic carbocycles. The number of fused-ring (bicyclic) bond motifs is 1. The molecule has 0 aromatic rings. The van der Waals surface area contributed by atoms with Gasteiger partial charge < -0.3 is 15.3 Å². The summed E-state index contributed by atoms with van der Waals surface area (Å²) >= 11 is 0. The van der Waals surface area contributed by atoms with Gasteiger partial charge in [0.05, 0.1) is 23.6 Å². The largest absolute Gasteiger partial charge is 0.393 e. The van der Waals surface area contributed by atoms with Gasteiger partial charge in [0, 0.05) is 6.42 Å². The lowest BCUT2D eigenvalue weighted by Crippen LogP contribution is -2.36. The van der Waals surface area contributed by atoms with Gasteiger partial charge in [-0.3, -0.25) is 0 Å². The van der Waals surface area contributed by atoms with E-state index < -0.39 is 32.9 Å². The second-order valence-electron chi connectivity index (χ2n) is 12.4. The number of rotatable bonds is 6. The molecule has 4 aliphatic rings. The first-order valence-corrected chi connectivity index (χ1v) is 14.8. The van der Waals surface area contributed by atoms with Crippen LogP contribution in [0.15, 0.2) is 22.8 Å². The third-order valence-corrected chi connectivity index (χ3v) is 11.3. The summed E-state index contributed by atoms with van der Waals surface area (Å²) in [5.74, 6) is 1.58. The molecular weight excluding hydrogens is 436 g/mol. The molecule has 4 rings (SSSR count). The van der Waals surface area contributed by atoms with Crippen LogP contribution in [0.25, 0.3) is 0 Å². The lowest BCUT2D eigenvalue weighted by molar-refractivity contribution is 0.0596. The quantitative estimate of drug-likeness (QED) is 0.492. The van der Waals surface area contributed by atoms with Crippen molar-refractivity contribution in [2.24, 2.45) is 23.2 Å². The lowest BCUT2D eigenvalue weighted by atomic mass is 9.60. The maximum atomic E-state index is 13.1. The van der Waals surface area contributed by atoms with Crippen LogP contribution in [-0.4, -0.2) is 52.5 Å². The number of sulfone groups is 1. The van der Waals surface area contributed by atoms with Gasteiger partial charge in [-0.15, -0.1) is 0 Å². The fourth-order valence-corrected chi connectivity index (χ4v) is 9.82. The highest BCUT2D eigenvalue weighted by Crippen LogP contribution is 2.60. The first-order valence-electron chi connectivity index (χ1n) is 13.0. The van der Waals surface area contributed by atoms with E-state index in [9.17, 15) is 23.7 Å². The van der Waals surface area contributed by atoms with Gasteiger partial charge in [-0.25, -0.2) is 8.42 Å². The number of hydrogen-bond acceptors (Lipinski definition) is 5. The molecule has 188 valence electrons. The van der Waals surface area contributed by atoms with Gasteiger partial charge in [0.15, 0.2) is 9.84 Å². The Morgan fingerprint density at radius 1 is 1.21 bits per heavy atom. The van der Waals surface area contributed by atoms with E-state index in [1.165, 1.54) is 18.4 Å². The van der Waals surface area contributed by atoms with Crippen LogP contribution >= 0.6 is 0 Å². The van der Waals surface area contributed by atoms with Gasteiger partial charge in [-0.05, 0) is 93.1 Å². The Hall–Kier alpha value is -0.690. The fraction of sp³-hybridized carbons (Fsp3) is 0.852. The minimum atomic E-state index is -3.37. The Morgan fingerprint density at radius 3 is 2.64 bits per heavy atom. The van der Waals surface area contributed by atoms with E-state index in [4.69, 9.17) is 0 Å². The van der Waals surface area contributed by atoms with Gasteiger partial charge in [0.2, 0.25) is 0 Å². The molecule has 1 heterocycles. The van der Waals surface area contributed by atoms with Crippen LogP contribution in [0.2, 0.25) is 0 Å². The molecule has 7 atom stereocenters. The van der Waals surface area contributed by atoms with Crippen molar-refractivity contribution in [3.05, 3.63) is 22.8 Å². The normalized spacial score (nSPS) is 40.7. The molecule has 0 amide bonds. The average Bonchev–Trinajstić information content (AvgIpc) is 3.16. The van der Waals surface area contributed by atoms with Crippen LogP contribution in [0.1, 0.15) is 91.9 Å². The maximum Gasteiger partial charge on any atom is 0.164 e. The van der Waals surface area contributed by atoms with Gasteiger partial charge in [-0.1, -0.05) is 38.3 Å². The molecule has 2 saturated carbocycles. The molecule has 0 spiro atoms. The number of aliphatic hydroxyl groups excluding tert-OH is 2. The predicted molar refractivity (Wildman–Crippen MR) is 131 cm³/mol. The van der Waals surface area contributed by atoms with Crippen LogP contribution in [0.5, 0.6) is 0 Å². The molecule has 0 radical (unpaired) electrons. The molecule has 5 nitrogen and oxygen atoms in total. The molecule has 2 fully saturated rings. The SMILES string of the molecule is C[C@H](CCCC(C)(C)O)[C@H]1CC[C@H]2/C(=C/C3C4=C(CS3(=O)=O)[C@@H](O)C[C@H](O)C4)CCC[C@]12C. The zero-order valence-electron chi connectivity index (χ0n) is 20.9. The molecule has 0 bridgehead atoms. The van der Waals surface area contributed by atoms with Gasteiger partial charge in [0.25, 0.3) is 0 Å². The maximum absolute atomic E-state index is 13.1. The zero-order valence-corrected chi connectivity index (χ0v) is 21.7. The number of aliphatic hydroxyl groups is 3. The Morgan fingerprint density at radius 2 is 1.94 bits per heavy atom. The summed E-state index contributed by atoms with van der Waals surface area (Å²) in [4.78, 5) is 0. The summed E-state index contributed by atoms with van der Waals surface area (Å²) < 4.78 is 26.2. The second kappa shape index (κ2) is 9.07. The highest BCUT2D eigenvalue weighted by atomic mass is 32.2. The summed E-state index contributed by atoms with van der Waals surface area (Å²) in [6, 6.07) is 0. The first kappa shape index (κ1) is 25.4. The van der Waals surface area contributed by atoms with Crippen molar-refractivity contribution in [3.63, 3.8) is 0 Å². The Labute approximate surface area is 200 Å². The number of allylic oxidation sites excluding steroid dienone is 1. The third-order valence-electron chi connectivity index (χ3n) is 9.39. The van der Waals surface area contributed by atoms with E-state index in [-0.39, 0.29) is 17.6 Å².